The van der Waals surface area contributed by atoms with Crippen LogP contribution in [0.2, 0.25) is 5.02 Å². The van der Waals surface area contributed by atoms with Crippen LogP contribution in [0, 0.1) is 6.92 Å². The van der Waals surface area contributed by atoms with E-state index in [0.29, 0.717) is 16.3 Å². The molecule has 0 aliphatic rings. The lowest BCUT2D eigenvalue weighted by Crippen LogP contribution is -2.03. The number of hydrogen-bond acceptors (Lipinski definition) is 3. The summed E-state index contributed by atoms with van der Waals surface area (Å²) in [6.45, 7) is 1.92. The first-order chi connectivity index (χ1) is 8.13. The molecule has 0 radical (unpaired) electrons. The Morgan fingerprint density at radius 1 is 1.35 bits per heavy atom. The van der Waals surface area contributed by atoms with Gasteiger partial charge in [0, 0.05) is 5.02 Å². The van der Waals surface area contributed by atoms with Gasteiger partial charge in [-0.05, 0) is 42.1 Å². The van der Waals surface area contributed by atoms with E-state index in [4.69, 9.17) is 16.3 Å². The lowest BCUT2D eigenvalue weighted by Gasteiger charge is -2.07. The molecule has 0 bridgehead atoms. The van der Waals surface area contributed by atoms with Gasteiger partial charge in [-0.15, -0.1) is 11.3 Å². The SMILES string of the molecule is COc1ccc(Cl)cc1C(=O)c1sccc1C. The molecule has 0 amide bonds. The minimum Gasteiger partial charge on any atom is -0.496 e. The molecule has 0 atom stereocenters. The molecule has 1 heterocycles. The number of halogens is 1. The molecule has 0 aliphatic carbocycles. The summed E-state index contributed by atoms with van der Waals surface area (Å²) in [7, 11) is 1.54. The molecule has 0 spiro atoms. The second kappa shape index (κ2) is 4.90. The Labute approximate surface area is 109 Å². The molecule has 2 aromatic rings. The molecule has 0 N–H and O–H groups in total. The number of ether oxygens (including phenoxy) is 1. The third kappa shape index (κ3) is 2.35. The number of ketones is 1. The number of carbonyl (C=O) groups is 1. The van der Waals surface area contributed by atoms with Gasteiger partial charge in [0.25, 0.3) is 0 Å². The molecule has 1 aromatic carbocycles. The average Bonchev–Trinajstić information content (AvgIpc) is 2.74. The number of rotatable bonds is 3. The zero-order valence-electron chi connectivity index (χ0n) is 9.49. The van der Waals surface area contributed by atoms with Gasteiger partial charge in [0.2, 0.25) is 5.78 Å². The lowest BCUT2D eigenvalue weighted by molar-refractivity contribution is 0.103. The number of hydrogen-bond donors (Lipinski definition) is 0. The van der Waals surface area contributed by atoms with Crippen LogP contribution in [0.3, 0.4) is 0 Å². The van der Waals surface area contributed by atoms with Crippen LogP contribution in [0.25, 0.3) is 0 Å². The smallest absolute Gasteiger partial charge is 0.206 e. The molecule has 17 heavy (non-hydrogen) atoms. The van der Waals surface area contributed by atoms with E-state index in [1.165, 1.54) is 11.3 Å². The molecule has 0 saturated carbocycles. The predicted octanol–water partition coefficient (Wildman–Crippen LogP) is 3.95. The number of aryl methyl sites for hydroxylation is 1. The van der Waals surface area contributed by atoms with Crippen molar-refractivity contribution in [2.45, 2.75) is 6.92 Å². The summed E-state index contributed by atoms with van der Waals surface area (Å²) in [5, 5.41) is 2.43. The van der Waals surface area contributed by atoms with Gasteiger partial charge in [-0.2, -0.15) is 0 Å². The molecular formula is C13H11ClO2S. The predicted molar refractivity (Wildman–Crippen MR) is 70.5 cm³/mol. The summed E-state index contributed by atoms with van der Waals surface area (Å²) in [6, 6.07) is 6.98. The third-order valence-corrected chi connectivity index (χ3v) is 3.72. The summed E-state index contributed by atoms with van der Waals surface area (Å²) in [5.74, 6) is 0.504. The number of thiophene rings is 1. The van der Waals surface area contributed by atoms with Crippen molar-refractivity contribution in [2.75, 3.05) is 7.11 Å². The first-order valence-corrected chi connectivity index (χ1v) is 6.31. The molecule has 1 aromatic heterocycles. The van der Waals surface area contributed by atoms with E-state index in [0.717, 1.165) is 10.4 Å². The largest absolute Gasteiger partial charge is 0.496 e. The van der Waals surface area contributed by atoms with Gasteiger partial charge in [0.1, 0.15) is 5.75 Å². The van der Waals surface area contributed by atoms with E-state index >= 15 is 0 Å². The Morgan fingerprint density at radius 3 is 2.71 bits per heavy atom. The fourth-order valence-corrected chi connectivity index (χ4v) is 2.64. The highest BCUT2D eigenvalue weighted by Gasteiger charge is 2.17. The van der Waals surface area contributed by atoms with Crippen LogP contribution in [0.15, 0.2) is 29.6 Å². The third-order valence-electron chi connectivity index (χ3n) is 2.47. The van der Waals surface area contributed by atoms with Crippen LogP contribution in [-0.4, -0.2) is 12.9 Å². The monoisotopic (exact) mass is 266 g/mol. The van der Waals surface area contributed by atoms with Crippen LogP contribution in [0.1, 0.15) is 20.8 Å². The molecule has 2 rings (SSSR count). The van der Waals surface area contributed by atoms with Crippen LogP contribution in [-0.2, 0) is 0 Å². The zero-order chi connectivity index (χ0) is 12.4. The van der Waals surface area contributed by atoms with Crippen molar-refractivity contribution in [1.82, 2.24) is 0 Å². The maximum absolute atomic E-state index is 12.3. The Balaban J connectivity index is 2.50. The number of carbonyl (C=O) groups excluding carboxylic acids is 1. The molecule has 4 heteroatoms. The Hall–Kier alpha value is -1.32. The van der Waals surface area contributed by atoms with E-state index < -0.39 is 0 Å². The van der Waals surface area contributed by atoms with Crippen LogP contribution >= 0.6 is 22.9 Å². The number of methoxy groups -OCH3 is 1. The summed E-state index contributed by atoms with van der Waals surface area (Å²) in [5.41, 5.74) is 1.48. The van der Waals surface area contributed by atoms with E-state index in [2.05, 4.69) is 0 Å². The summed E-state index contributed by atoms with van der Waals surface area (Å²) < 4.78 is 5.18. The van der Waals surface area contributed by atoms with Crippen molar-refractivity contribution >= 4 is 28.7 Å². The van der Waals surface area contributed by atoms with E-state index in [-0.39, 0.29) is 5.78 Å². The van der Waals surface area contributed by atoms with Gasteiger partial charge in [0.05, 0.1) is 17.6 Å². The van der Waals surface area contributed by atoms with Crippen molar-refractivity contribution in [2.24, 2.45) is 0 Å². The fraction of sp³-hybridized carbons (Fsp3) is 0.154. The minimum absolute atomic E-state index is 0.0446. The van der Waals surface area contributed by atoms with Crippen LogP contribution in [0.5, 0.6) is 5.75 Å². The topological polar surface area (TPSA) is 26.3 Å². The minimum atomic E-state index is -0.0446. The fourth-order valence-electron chi connectivity index (χ4n) is 1.59. The van der Waals surface area contributed by atoms with Crippen molar-refractivity contribution in [3.63, 3.8) is 0 Å². The van der Waals surface area contributed by atoms with E-state index in [1.54, 1.807) is 25.3 Å². The highest BCUT2D eigenvalue weighted by molar-refractivity contribution is 7.12. The maximum Gasteiger partial charge on any atom is 0.206 e. The normalized spacial score (nSPS) is 10.3. The van der Waals surface area contributed by atoms with Crippen molar-refractivity contribution in [3.05, 3.63) is 50.7 Å². The first kappa shape index (κ1) is 12.1. The van der Waals surface area contributed by atoms with E-state index in [1.807, 2.05) is 18.4 Å². The van der Waals surface area contributed by atoms with Crippen molar-refractivity contribution < 1.29 is 9.53 Å². The molecule has 0 unspecified atom stereocenters. The van der Waals surface area contributed by atoms with Crippen LogP contribution in [0.4, 0.5) is 0 Å². The standard InChI is InChI=1S/C13H11ClO2S/c1-8-5-6-17-13(8)12(15)10-7-9(14)3-4-11(10)16-2/h3-7H,1-2H3. The second-order valence-corrected chi connectivity index (χ2v) is 4.96. The lowest BCUT2D eigenvalue weighted by atomic mass is 10.1. The first-order valence-electron chi connectivity index (χ1n) is 5.06. The number of benzene rings is 1. The van der Waals surface area contributed by atoms with Gasteiger partial charge in [-0.1, -0.05) is 11.6 Å². The van der Waals surface area contributed by atoms with Gasteiger partial charge in [-0.3, -0.25) is 4.79 Å². The van der Waals surface area contributed by atoms with Gasteiger partial charge in [-0.25, -0.2) is 0 Å². The van der Waals surface area contributed by atoms with Gasteiger partial charge < -0.3 is 4.74 Å². The molecule has 0 saturated heterocycles. The Kier molecular flexibility index (Phi) is 3.50. The second-order valence-electron chi connectivity index (χ2n) is 3.61. The van der Waals surface area contributed by atoms with E-state index in [9.17, 15) is 4.79 Å². The van der Waals surface area contributed by atoms with Gasteiger partial charge in [0.15, 0.2) is 0 Å². The Morgan fingerprint density at radius 2 is 2.12 bits per heavy atom. The highest BCUT2D eigenvalue weighted by atomic mass is 35.5. The average molecular weight is 267 g/mol. The molecular weight excluding hydrogens is 256 g/mol. The zero-order valence-corrected chi connectivity index (χ0v) is 11.1. The maximum atomic E-state index is 12.3. The Bertz CT molecular complexity index is 560. The molecule has 0 fully saturated rings. The van der Waals surface area contributed by atoms with Crippen molar-refractivity contribution in [1.29, 1.82) is 0 Å². The summed E-state index contributed by atoms with van der Waals surface area (Å²) >= 11 is 7.34. The van der Waals surface area contributed by atoms with Gasteiger partial charge >= 0.3 is 0 Å². The molecule has 0 aliphatic heterocycles. The van der Waals surface area contributed by atoms with Crippen LogP contribution < -0.4 is 4.74 Å². The quantitative estimate of drug-likeness (QED) is 0.787. The van der Waals surface area contributed by atoms with Crippen molar-refractivity contribution in [3.8, 4) is 5.75 Å². The molecule has 2 nitrogen and oxygen atoms in total. The summed E-state index contributed by atoms with van der Waals surface area (Å²) in [6.07, 6.45) is 0. The molecule has 88 valence electrons. The summed E-state index contributed by atoms with van der Waals surface area (Å²) in [4.78, 5) is 13.1. The highest BCUT2D eigenvalue weighted by Crippen LogP contribution is 2.28.